The van der Waals surface area contributed by atoms with E-state index in [0.717, 1.165) is 77.0 Å². The molecule has 14 nitrogen and oxygen atoms in total. The van der Waals surface area contributed by atoms with Gasteiger partial charge in [0.1, 0.15) is 48.8 Å². The lowest BCUT2D eigenvalue weighted by molar-refractivity contribution is -0.359. The van der Waals surface area contributed by atoms with Gasteiger partial charge in [0.25, 0.3) is 0 Å². The summed E-state index contributed by atoms with van der Waals surface area (Å²) in [4.78, 5) is 13.3. The highest BCUT2D eigenvalue weighted by molar-refractivity contribution is 5.76. The highest BCUT2D eigenvalue weighted by Gasteiger charge is 2.51. The van der Waals surface area contributed by atoms with E-state index in [0.29, 0.717) is 12.8 Å². The Kier molecular flexibility index (Phi) is 49.3. The van der Waals surface area contributed by atoms with Gasteiger partial charge >= 0.3 is 0 Å². The first-order chi connectivity index (χ1) is 40.1. The molecule has 2 aliphatic heterocycles. The van der Waals surface area contributed by atoms with Crippen molar-refractivity contribution in [3.8, 4) is 0 Å². The van der Waals surface area contributed by atoms with Crippen LogP contribution in [0.2, 0.25) is 0 Å². The second-order valence-electron chi connectivity index (χ2n) is 23.9. The number of aliphatic hydroxyl groups excluding tert-OH is 8. The van der Waals surface area contributed by atoms with E-state index in [1.54, 1.807) is 0 Å². The van der Waals surface area contributed by atoms with Gasteiger partial charge in [-0.05, 0) is 51.4 Å². The Balaban J connectivity index is 1.58. The van der Waals surface area contributed by atoms with Crippen LogP contribution in [0.4, 0.5) is 0 Å². The van der Waals surface area contributed by atoms with Gasteiger partial charge in [-0.2, -0.15) is 0 Å². The molecule has 0 aromatic carbocycles. The van der Waals surface area contributed by atoms with Crippen LogP contribution >= 0.6 is 0 Å². The van der Waals surface area contributed by atoms with Crippen LogP contribution in [-0.2, 0) is 23.7 Å². The number of unbranched alkanes of at least 4 members (excludes halogenated alkanes) is 34. The van der Waals surface area contributed by atoms with Gasteiger partial charge in [-0.25, -0.2) is 0 Å². The summed E-state index contributed by atoms with van der Waals surface area (Å²) in [5.41, 5.74) is 0. The maximum atomic E-state index is 13.3. The van der Waals surface area contributed by atoms with E-state index < -0.39 is 86.8 Å². The van der Waals surface area contributed by atoms with E-state index in [-0.39, 0.29) is 12.5 Å². The van der Waals surface area contributed by atoms with E-state index in [2.05, 4.69) is 67.8 Å². The molecule has 0 aromatic heterocycles. The molecule has 480 valence electrons. The van der Waals surface area contributed by atoms with Crippen LogP contribution in [0.15, 0.2) is 48.6 Å². The Labute approximate surface area is 499 Å². The fourth-order valence-electron chi connectivity index (χ4n) is 11.2. The predicted octanol–water partition coefficient (Wildman–Crippen LogP) is 13.1. The first-order valence-electron chi connectivity index (χ1n) is 33.9. The third kappa shape index (κ3) is 37.5. The number of amides is 1. The zero-order valence-electron chi connectivity index (χ0n) is 52.0. The van der Waals surface area contributed by atoms with Crippen LogP contribution < -0.4 is 5.32 Å². The summed E-state index contributed by atoms with van der Waals surface area (Å²) < 4.78 is 22.9. The number of aliphatic hydroxyl groups is 8. The Morgan fingerprint density at radius 2 is 0.841 bits per heavy atom. The lowest BCUT2D eigenvalue weighted by atomic mass is 9.97. The number of carbonyl (C=O) groups is 1. The molecule has 2 heterocycles. The SMILES string of the molecule is CC/C=C\C/C=C\C/C=C\C/C=C\CCCCCCCCCCCCCCCCCCCCCCCCC(=O)NC(COC1OC(CO)C(OC2OC(CO)C(O)C(O)C2O)C(O)C1O)C(O)CCCCCCCCCCCCCCC. The molecule has 0 saturated carbocycles. The zero-order chi connectivity index (χ0) is 59.5. The van der Waals surface area contributed by atoms with Crippen molar-refractivity contribution < 1.29 is 64.6 Å². The maximum Gasteiger partial charge on any atom is 0.220 e. The highest BCUT2D eigenvalue weighted by Crippen LogP contribution is 2.30. The van der Waals surface area contributed by atoms with Gasteiger partial charge in [0.15, 0.2) is 12.6 Å². The number of nitrogens with one attached hydrogen (secondary N) is 1. The van der Waals surface area contributed by atoms with E-state index in [9.17, 15) is 45.6 Å². The number of allylic oxidation sites excluding steroid dienone is 8. The zero-order valence-corrected chi connectivity index (χ0v) is 52.0. The topological polar surface area (TPSA) is 228 Å². The van der Waals surface area contributed by atoms with Crippen molar-refractivity contribution in [2.45, 2.75) is 357 Å². The third-order valence-electron chi connectivity index (χ3n) is 16.6. The Hall–Kier alpha value is -2.05. The van der Waals surface area contributed by atoms with Gasteiger partial charge < -0.3 is 65.1 Å². The number of rotatable bonds is 55. The number of hydrogen-bond donors (Lipinski definition) is 9. The van der Waals surface area contributed by atoms with Gasteiger partial charge in [-0.1, -0.05) is 274 Å². The molecule has 12 atom stereocenters. The highest BCUT2D eigenvalue weighted by atomic mass is 16.7. The van der Waals surface area contributed by atoms with Crippen molar-refractivity contribution in [1.29, 1.82) is 0 Å². The molecular weight excluding hydrogens is 1040 g/mol. The van der Waals surface area contributed by atoms with Gasteiger partial charge in [0, 0.05) is 6.42 Å². The van der Waals surface area contributed by atoms with Crippen molar-refractivity contribution in [1.82, 2.24) is 5.32 Å². The molecule has 0 spiro atoms. The summed E-state index contributed by atoms with van der Waals surface area (Å²) in [5, 5.41) is 87.3. The van der Waals surface area contributed by atoms with Crippen LogP contribution in [0.5, 0.6) is 0 Å². The monoisotopic (exact) mass is 1160 g/mol. The first-order valence-corrected chi connectivity index (χ1v) is 33.9. The summed E-state index contributed by atoms with van der Waals surface area (Å²) in [6.07, 6.45) is 51.4. The van der Waals surface area contributed by atoms with Crippen molar-refractivity contribution >= 4 is 5.91 Å². The molecule has 2 rings (SSSR count). The molecule has 9 N–H and O–H groups in total. The molecule has 0 radical (unpaired) electrons. The van der Waals surface area contributed by atoms with E-state index >= 15 is 0 Å². The Bertz CT molecular complexity index is 1560. The number of hydrogen-bond acceptors (Lipinski definition) is 13. The fraction of sp³-hybridized carbons (Fsp3) is 0.868. The quantitative estimate of drug-likeness (QED) is 0.0204. The third-order valence-corrected chi connectivity index (χ3v) is 16.6. The van der Waals surface area contributed by atoms with Crippen molar-refractivity contribution in [3.05, 3.63) is 48.6 Å². The second-order valence-corrected chi connectivity index (χ2v) is 23.9. The Morgan fingerprint density at radius 3 is 1.29 bits per heavy atom. The minimum absolute atomic E-state index is 0.203. The lowest BCUT2D eigenvalue weighted by Crippen LogP contribution is -2.65. The van der Waals surface area contributed by atoms with E-state index in [1.807, 2.05) is 0 Å². The van der Waals surface area contributed by atoms with Gasteiger partial charge in [-0.3, -0.25) is 4.79 Å². The summed E-state index contributed by atoms with van der Waals surface area (Å²) in [6.45, 7) is 2.77. The Morgan fingerprint density at radius 1 is 0.451 bits per heavy atom. The van der Waals surface area contributed by atoms with Crippen molar-refractivity contribution in [2.24, 2.45) is 0 Å². The van der Waals surface area contributed by atoms with E-state index in [4.69, 9.17) is 18.9 Å². The largest absolute Gasteiger partial charge is 0.394 e. The van der Waals surface area contributed by atoms with Gasteiger partial charge in [-0.15, -0.1) is 0 Å². The number of carbonyl (C=O) groups excluding carboxylic acids is 1. The standard InChI is InChI=1S/C68H125NO13/c1-3-5-7-9-11-13-15-17-18-19-20-21-22-23-24-25-26-27-28-29-30-31-32-33-34-35-36-37-38-40-42-44-46-48-50-52-60(73)69-56(57(72)51-49-47-45-43-41-39-16-14-12-10-8-6-4-2)55-79-67-65(78)63(76)66(59(54-71)81-67)82-68-64(77)62(75)61(74)58(53-70)80-68/h5,7,11,13,17-18,20-21,56-59,61-68,70-72,74-78H,3-4,6,8-10,12,14-16,19,22-55H2,1-2H3,(H,69,73)/b7-5-,13-11-,18-17-,21-20-. The molecule has 0 bridgehead atoms. The summed E-state index contributed by atoms with van der Waals surface area (Å²) >= 11 is 0. The van der Waals surface area contributed by atoms with Crippen LogP contribution in [0.1, 0.15) is 284 Å². The molecule has 1 amide bonds. The normalized spacial score (nSPS) is 24.2. The van der Waals surface area contributed by atoms with Gasteiger partial charge in [0.05, 0.1) is 32.0 Å². The lowest BCUT2D eigenvalue weighted by Gasteiger charge is -2.46. The van der Waals surface area contributed by atoms with Gasteiger partial charge in [0.2, 0.25) is 5.91 Å². The fourth-order valence-corrected chi connectivity index (χ4v) is 11.2. The minimum atomic E-state index is -1.78. The summed E-state index contributed by atoms with van der Waals surface area (Å²) in [6, 6.07) is -0.827. The maximum absolute atomic E-state index is 13.3. The molecule has 0 aromatic rings. The molecule has 0 aliphatic carbocycles. The van der Waals surface area contributed by atoms with Crippen LogP contribution in [-0.4, -0.2) is 140 Å². The molecule has 12 unspecified atom stereocenters. The van der Waals surface area contributed by atoms with Crippen LogP contribution in [0, 0.1) is 0 Å². The summed E-state index contributed by atoms with van der Waals surface area (Å²) in [5.74, 6) is -0.203. The molecule has 2 fully saturated rings. The number of ether oxygens (including phenoxy) is 4. The van der Waals surface area contributed by atoms with Crippen molar-refractivity contribution in [2.75, 3.05) is 19.8 Å². The van der Waals surface area contributed by atoms with Crippen molar-refractivity contribution in [3.63, 3.8) is 0 Å². The molecule has 14 heteroatoms. The molecule has 2 aliphatic rings. The molecule has 2 saturated heterocycles. The van der Waals surface area contributed by atoms with Crippen LogP contribution in [0.3, 0.4) is 0 Å². The van der Waals surface area contributed by atoms with Crippen LogP contribution in [0.25, 0.3) is 0 Å². The summed E-state index contributed by atoms with van der Waals surface area (Å²) in [7, 11) is 0. The predicted molar refractivity (Wildman–Crippen MR) is 332 cm³/mol. The minimum Gasteiger partial charge on any atom is -0.394 e. The second kappa shape index (κ2) is 53.2. The molecular formula is C68H125NO13. The first kappa shape index (κ1) is 76.0. The average Bonchev–Trinajstić information content (AvgIpc) is 3.56. The average molecular weight is 1160 g/mol. The smallest absolute Gasteiger partial charge is 0.220 e. The molecule has 82 heavy (non-hydrogen) atoms. The van der Waals surface area contributed by atoms with E-state index in [1.165, 1.54) is 180 Å².